The van der Waals surface area contributed by atoms with E-state index in [4.69, 9.17) is 9.47 Å². The fourth-order valence-electron chi connectivity index (χ4n) is 3.85. The van der Waals surface area contributed by atoms with Gasteiger partial charge in [-0.05, 0) is 31.5 Å². The van der Waals surface area contributed by atoms with E-state index in [2.05, 4.69) is 4.90 Å². The molecule has 2 aliphatic heterocycles. The number of para-hydroxylation sites is 1. The van der Waals surface area contributed by atoms with Crippen molar-refractivity contribution in [3.63, 3.8) is 0 Å². The normalized spacial score (nSPS) is 20.9. The Balaban J connectivity index is 1.48. The van der Waals surface area contributed by atoms with E-state index in [1.807, 2.05) is 18.2 Å². The van der Waals surface area contributed by atoms with Crippen LogP contribution in [0.1, 0.15) is 12.8 Å². The number of carbonyl (C=O) groups excluding carboxylic acids is 1. The van der Waals surface area contributed by atoms with Crippen molar-refractivity contribution in [3.05, 3.63) is 30.3 Å². The average Bonchev–Trinajstić information content (AvgIpc) is 3.20. The molecule has 2 heterocycles. The van der Waals surface area contributed by atoms with Gasteiger partial charge < -0.3 is 14.4 Å². The Kier molecular flexibility index (Phi) is 7.88. The molecule has 1 aromatic carbocycles. The van der Waals surface area contributed by atoms with Crippen LogP contribution < -0.4 is 4.74 Å². The van der Waals surface area contributed by atoms with Crippen LogP contribution in [0.4, 0.5) is 0 Å². The van der Waals surface area contributed by atoms with Gasteiger partial charge in [-0.1, -0.05) is 18.2 Å². The molecule has 0 saturated carbocycles. The molecule has 0 N–H and O–H groups in total. The number of ether oxygens (including phenoxy) is 2. The zero-order valence-corrected chi connectivity index (χ0v) is 17.8. The predicted molar refractivity (Wildman–Crippen MR) is 110 cm³/mol. The molecule has 0 spiro atoms. The van der Waals surface area contributed by atoms with E-state index < -0.39 is 10.0 Å². The molecule has 2 aliphatic rings. The molecule has 0 bridgehead atoms. The summed E-state index contributed by atoms with van der Waals surface area (Å²) in [6.45, 7) is 5.53. The standard InChI is InChI=1S/C20H31N3O5S/c1-29(25,26)23(10-5-9-21-12-14-27-15-13-21)18-8-11-22(16-18)20(24)17-28-19-6-3-2-4-7-19/h2-4,6-7,18H,5,8-17H2,1H3. The fourth-order valence-corrected chi connectivity index (χ4v) is 5.02. The molecule has 2 saturated heterocycles. The molecule has 162 valence electrons. The van der Waals surface area contributed by atoms with E-state index in [0.717, 1.165) is 39.3 Å². The zero-order valence-electron chi connectivity index (χ0n) is 17.0. The van der Waals surface area contributed by atoms with E-state index in [1.54, 1.807) is 21.3 Å². The van der Waals surface area contributed by atoms with E-state index in [0.29, 0.717) is 31.8 Å². The second kappa shape index (κ2) is 10.4. The molecule has 0 radical (unpaired) electrons. The number of morpholine rings is 1. The minimum absolute atomic E-state index is 0.0351. The first-order valence-corrected chi connectivity index (χ1v) is 12.0. The highest BCUT2D eigenvalue weighted by atomic mass is 32.2. The number of sulfonamides is 1. The lowest BCUT2D eigenvalue weighted by molar-refractivity contribution is -0.132. The van der Waals surface area contributed by atoms with Gasteiger partial charge in [-0.25, -0.2) is 8.42 Å². The number of hydrogen-bond donors (Lipinski definition) is 0. The summed E-state index contributed by atoms with van der Waals surface area (Å²) in [5, 5.41) is 0. The Bertz CT molecular complexity index is 753. The highest BCUT2D eigenvalue weighted by Gasteiger charge is 2.34. The van der Waals surface area contributed by atoms with Crippen LogP contribution in [0.2, 0.25) is 0 Å². The van der Waals surface area contributed by atoms with Gasteiger partial charge in [0.1, 0.15) is 5.75 Å². The van der Waals surface area contributed by atoms with E-state index in [9.17, 15) is 13.2 Å². The topological polar surface area (TPSA) is 79.4 Å². The SMILES string of the molecule is CS(=O)(=O)N(CCCN1CCOCC1)C1CCN(C(=O)COc2ccccc2)C1. The van der Waals surface area contributed by atoms with Gasteiger partial charge in [-0.15, -0.1) is 0 Å². The summed E-state index contributed by atoms with van der Waals surface area (Å²) < 4.78 is 37.2. The highest BCUT2D eigenvalue weighted by molar-refractivity contribution is 7.88. The molecule has 1 amide bonds. The van der Waals surface area contributed by atoms with E-state index >= 15 is 0 Å². The van der Waals surface area contributed by atoms with Crippen LogP contribution in [0.3, 0.4) is 0 Å². The van der Waals surface area contributed by atoms with Gasteiger partial charge in [0.2, 0.25) is 10.0 Å². The summed E-state index contributed by atoms with van der Waals surface area (Å²) in [6.07, 6.45) is 2.68. The van der Waals surface area contributed by atoms with Crippen molar-refractivity contribution in [1.29, 1.82) is 0 Å². The molecule has 29 heavy (non-hydrogen) atoms. The van der Waals surface area contributed by atoms with Gasteiger partial charge in [-0.3, -0.25) is 9.69 Å². The quantitative estimate of drug-likeness (QED) is 0.578. The van der Waals surface area contributed by atoms with Crippen LogP contribution in [-0.2, 0) is 19.6 Å². The third-order valence-corrected chi connectivity index (χ3v) is 6.74. The maximum atomic E-state index is 12.5. The lowest BCUT2D eigenvalue weighted by Crippen LogP contribution is -2.44. The van der Waals surface area contributed by atoms with Crippen molar-refractivity contribution in [2.24, 2.45) is 0 Å². The average molecular weight is 426 g/mol. The van der Waals surface area contributed by atoms with Crippen LogP contribution in [0, 0.1) is 0 Å². The lowest BCUT2D eigenvalue weighted by Gasteiger charge is -2.30. The van der Waals surface area contributed by atoms with Crippen LogP contribution in [0.25, 0.3) is 0 Å². The Morgan fingerprint density at radius 1 is 1.21 bits per heavy atom. The summed E-state index contributed by atoms with van der Waals surface area (Å²) in [7, 11) is -3.33. The van der Waals surface area contributed by atoms with E-state index in [1.165, 1.54) is 6.26 Å². The van der Waals surface area contributed by atoms with Crippen molar-refractivity contribution in [3.8, 4) is 5.75 Å². The summed E-state index contributed by atoms with van der Waals surface area (Å²) in [5.41, 5.74) is 0. The second-order valence-corrected chi connectivity index (χ2v) is 9.50. The third kappa shape index (κ3) is 6.67. The second-order valence-electron chi connectivity index (χ2n) is 7.57. The Labute approximate surface area is 173 Å². The molecule has 8 nitrogen and oxygen atoms in total. The van der Waals surface area contributed by atoms with Crippen molar-refractivity contribution in [1.82, 2.24) is 14.1 Å². The molecule has 0 aromatic heterocycles. The Morgan fingerprint density at radius 3 is 2.62 bits per heavy atom. The number of hydrogen-bond acceptors (Lipinski definition) is 6. The molecule has 3 rings (SSSR count). The molecule has 1 unspecified atom stereocenters. The highest BCUT2D eigenvalue weighted by Crippen LogP contribution is 2.19. The predicted octanol–water partition coefficient (Wildman–Crippen LogP) is 0.650. The molecule has 9 heteroatoms. The van der Waals surface area contributed by atoms with Gasteiger partial charge >= 0.3 is 0 Å². The first-order valence-electron chi connectivity index (χ1n) is 10.2. The lowest BCUT2D eigenvalue weighted by atomic mass is 10.2. The van der Waals surface area contributed by atoms with Crippen molar-refractivity contribution in [2.45, 2.75) is 18.9 Å². The van der Waals surface area contributed by atoms with Crippen molar-refractivity contribution < 1.29 is 22.7 Å². The number of nitrogens with zero attached hydrogens (tertiary/aromatic N) is 3. The van der Waals surface area contributed by atoms with Gasteiger partial charge in [0, 0.05) is 38.8 Å². The smallest absolute Gasteiger partial charge is 0.260 e. The number of likely N-dealkylation sites (tertiary alicyclic amines) is 1. The first kappa shape index (κ1) is 22.0. The maximum absolute atomic E-state index is 12.5. The van der Waals surface area contributed by atoms with Crippen LogP contribution >= 0.6 is 0 Å². The molecular formula is C20H31N3O5S. The molecule has 2 fully saturated rings. The summed E-state index contributed by atoms with van der Waals surface area (Å²) in [6, 6.07) is 9.04. The van der Waals surface area contributed by atoms with Gasteiger partial charge in [0.15, 0.2) is 6.61 Å². The first-order chi connectivity index (χ1) is 13.9. The third-order valence-electron chi connectivity index (χ3n) is 5.41. The Morgan fingerprint density at radius 2 is 1.93 bits per heavy atom. The van der Waals surface area contributed by atoms with Crippen LogP contribution in [0.15, 0.2) is 30.3 Å². The number of amides is 1. The van der Waals surface area contributed by atoms with Crippen molar-refractivity contribution >= 4 is 15.9 Å². The van der Waals surface area contributed by atoms with Crippen LogP contribution in [-0.4, -0.2) is 99.8 Å². The molecular weight excluding hydrogens is 394 g/mol. The fraction of sp³-hybridized carbons (Fsp3) is 0.650. The largest absolute Gasteiger partial charge is 0.484 e. The number of rotatable bonds is 9. The monoisotopic (exact) mass is 425 g/mol. The number of benzene rings is 1. The van der Waals surface area contributed by atoms with Crippen molar-refractivity contribution in [2.75, 3.05) is 65.3 Å². The van der Waals surface area contributed by atoms with E-state index in [-0.39, 0.29) is 18.6 Å². The van der Waals surface area contributed by atoms with Gasteiger partial charge in [0.25, 0.3) is 5.91 Å². The summed E-state index contributed by atoms with van der Waals surface area (Å²) in [5.74, 6) is 0.538. The van der Waals surface area contributed by atoms with Crippen LogP contribution in [0.5, 0.6) is 5.75 Å². The maximum Gasteiger partial charge on any atom is 0.260 e. The van der Waals surface area contributed by atoms with Gasteiger partial charge in [0.05, 0.1) is 19.5 Å². The molecule has 1 atom stereocenters. The molecule has 1 aromatic rings. The van der Waals surface area contributed by atoms with Gasteiger partial charge in [-0.2, -0.15) is 4.31 Å². The Hall–Kier alpha value is -1.68. The zero-order chi connectivity index (χ0) is 20.7. The number of carbonyl (C=O) groups is 1. The minimum Gasteiger partial charge on any atom is -0.484 e. The summed E-state index contributed by atoms with van der Waals surface area (Å²) >= 11 is 0. The molecule has 0 aliphatic carbocycles. The minimum atomic E-state index is -3.33. The summed E-state index contributed by atoms with van der Waals surface area (Å²) in [4.78, 5) is 16.5.